The van der Waals surface area contributed by atoms with Gasteiger partial charge in [-0.2, -0.15) is 0 Å². The van der Waals surface area contributed by atoms with E-state index >= 15 is 0 Å². The molecule has 7 heavy (non-hydrogen) atoms. The molecule has 0 aliphatic heterocycles. The van der Waals surface area contributed by atoms with Crippen LogP contribution in [-0.4, -0.2) is 11.7 Å². The highest BCUT2D eigenvalue weighted by atomic mass is 32.1. The predicted octanol–water partition coefficient (Wildman–Crippen LogP) is 2.01. The second kappa shape index (κ2) is 5.89. The Hall–Kier alpha value is -0.110. The zero-order valence-electron chi connectivity index (χ0n) is 4.02. The first-order valence-corrected chi connectivity index (χ1v) is 2.31. The van der Waals surface area contributed by atoms with Crippen LogP contribution in [0.5, 0.6) is 0 Å². The second-order valence-corrected chi connectivity index (χ2v) is 1.50. The first-order valence-electron chi connectivity index (χ1n) is 1.90. The van der Waals surface area contributed by atoms with E-state index in [1.54, 1.807) is 6.92 Å². The Morgan fingerprint density at radius 1 is 1.71 bits per heavy atom. The molecule has 0 unspecified atom stereocenters. The standard InChI is InChI=1S/C4H8OS.CH4/c1-3-5-4(2)6;/h3H2,1-2H3;1H4. The van der Waals surface area contributed by atoms with Crippen molar-refractivity contribution in [3.8, 4) is 0 Å². The maximum absolute atomic E-state index is 4.77. The molecule has 0 aromatic carbocycles. The normalized spacial score (nSPS) is 6.57. The molecule has 0 aliphatic carbocycles. The van der Waals surface area contributed by atoms with Crippen molar-refractivity contribution < 1.29 is 4.74 Å². The van der Waals surface area contributed by atoms with Crippen LogP contribution in [-0.2, 0) is 4.74 Å². The molecule has 0 atom stereocenters. The summed E-state index contributed by atoms with van der Waals surface area (Å²) in [4.78, 5) is 0. The van der Waals surface area contributed by atoms with Gasteiger partial charge >= 0.3 is 0 Å². The fraction of sp³-hybridized carbons (Fsp3) is 0.800. The lowest BCUT2D eigenvalue weighted by molar-refractivity contribution is 0.334. The van der Waals surface area contributed by atoms with Gasteiger partial charge in [0.25, 0.3) is 0 Å². The average Bonchev–Trinajstić information content (AvgIpc) is 1.35. The SMILES string of the molecule is C.CCOC(C)=S. The van der Waals surface area contributed by atoms with Gasteiger partial charge in [0.15, 0.2) is 5.05 Å². The summed E-state index contributed by atoms with van der Waals surface area (Å²) in [6.45, 7) is 4.37. The minimum absolute atomic E-state index is 0. The Morgan fingerprint density at radius 3 is 2.14 bits per heavy atom. The van der Waals surface area contributed by atoms with Gasteiger partial charge in [0.05, 0.1) is 6.61 Å². The topological polar surface area (TPSA) is 9.23 Å². The number of hydrogen-bond acceptors (Lipinski definition) is 2. The number of rotatable bonds is 1. The molecule has 0 heterocycles. The van der Waals surface area contributed by atoms with Gasteiger partial charge in [-0.25, -0.2) is 0 Å². The molecule has 2 heteroatoms. The fourth-order valence-corrected chi connectivity index (χ4v) is 0.321. The third-order valence-electron chi connectivity index (χ3n) is 0.348. The zero-order chi connectivity index (χ0) is 4.99. The van der Waals surface area contributed by atoms with Crippen LogP contribution in [0.4, 0.5) is 0 Å². The van der Waals surface area contributed by atoms with Crippen molar-refractivity contribution in [2.75, 3.05) is 6.61 Å². The van der Waals surface area contributed by atoms with Crippen LogP contribution in [0.15, 0.2) is 0 Å². The maximum Gasteiger partial charge on any atom is 0.156 e. The van der Waals surface area contributed by atoms with Gasteiger partial charge in [0.2, 0.25) is 0 Å². The quantitative estimate of drug-likeness (QED) is 0.489. The van der Waals surface area contributed by atoms with Crippen LogP contribution in [0.2, 0.25) is 0 Å². The minimum Gasteiger partial charge on any atom is -0.488 e. The summed E-state index contributed by atoms with van der Waals surface area (Å²) in [5.74, 6) is 0. The molecule has 0 aromatic rings. The van der Waals surface area contributed by atoms with E-state index in [-0.39, 0.29) is 7.43 Å². The molecule has 0 saturated carbocycles. The van der Waals surface area contributed by atoms with E-state index in [0.29, 0.717) is 11.7 Å². The largest absolute Gasteiger partial charge is 0.488 e. The number of thiocarbonyl (C=S) groups is 1. The van der Waals surface area contributed by atoms with E-state index in [4.69, 9.17) is 4.74 Å². The zero-order valence-corrected chi connectivity index (χ0v) is 4.84. The lowest BCUT2D eigenvalue weighted by Crippen LogP contribution is -1.92. The third kappa shape index (κ3) is 10.7. The van der Waals surface area contributed by atoms with E-state index in [1.165, 1.54) is 0 Å². The van der Waals surface area contributed by atoms with E-state index in [1.807, 2.05) is 6.92 Å². The second-order valence-electron chi connectivity index (χ2n) is 0.925. The van der Waals surface area contributed by atoms with Crippen LogP contribution in [0.1, 0.15) is 21.3 Å². The van der Waals surface area contributed by atoms with Gasteiger partial charge in [-0.3, -0.25) is 0 Å². The lowest BCUT2D eigenvalue weighted by Gasteiger charge is -1.93. The van der Waals surface area contributed by atoms with E-state index in [0.717, 1.165) is 0 Å². The molecule has 0 aromatic heterocycles. The van der Waals surface area contributed by atoms with Crippen LogP contribution in [0.3, 0.4) is 0 Å². The molecule has 0 saturated heterocycles. The Balaban J connectivity index is 0. The van der Waals surface area contributed by atoms with E-state index < -0.39 is 0 Å². The van der Waals surface area contributed by atoms with Crippen LogP contribution >= 0.6 is 12.2 Å². The van der Waals surface area contributed by atoms with E-state index in [9.17, 15) is 0 Å². The Bertz CT molecular complexity index is 52.0. The number of hydrogen-bond donors (Lipinski definition) is 0. The smallest absolute Gasteiger partial charge is 0.156 e. The summed E-state index contributed by atoms with van der Waals surface area (Å²) in [6, 6.07) is 0. The van der Waals surface area contributed by atoms with Crippen LogP contribution in [0.25, 0.3) is 0 Å². The van der Waals surface area contributed by atoms with Crippen LogP contribution in [0, 0.1) is 0 Å². The molecule has 0 N–H and O–H groups in total. The molecule has 0 bridgehead atoms. The Labute approximate surface area is 50.7 Å². The molecular weight excluding hydrogens is 108 g/mol. The Kier molecular flexibility index (Phi) is 8.41. The molecule has 0 amide bonds. The van der Waals surface area contributed by atoms with Crippen molar-refractivity contribution in [2.45, 2.75) is 21.3 Å². The van der Waals surface area contributed by atoms with Crippen molar-refractivity contribution in [1.29, 1.82) is 0 Å². The highest BCUT2D eigenvalue weighted by Gasteiger charge is 1.76. The molecule has 0 fully saturated rings. The van der Waals surface area contributed by atoms with Gasteiger partial charge < -0.3 is 4.74 Å². The highest BCUT2D eigenvalue weighted by molar-refractivity contribution is 7.80. The number of ether oxygens (including phenoxy) is 1. The van der Waals surface area contributed by atoms with Gasteiger partial charge in [-0.15, -0.1) is 0 Å². The third-order valence-corrected chi connectivity index (χ3v) is 0.465. The van der Waals surface area contributed by atoms with Gasteiger partial charge in [0, 0.05) is 6.92 Å². The summed E-state index contributed by atoms with van der Waals surface area (Å²) in [5.41, 5.74) is 0. The monoisotopic (exact) mass is 120 g/mol. The molecule has 1 nitrogen and oxygen atoms in total. The van der Waals surface area contributed by atoms with Crippen molar-refractivity contribution >= 4 is 17.3 Å². The van der Waals surface area contributed by atoms with Gasteiger partial charge in [0.1, 0.15) is 0 Å². The molecule has 0 aliphatic rings. The van der Waals surface area contributed by atoms with Crippen molar-refractivity contribution in [3.63, 3.8) is 0 Å². The van der Waals surface area contributed by atoms with Crippen molar-refractivity contribution in [3.05, 3.63) is 0 Å². The molecule has 0 radical (unpaired) electrons. The van der Waals surface area contributed by atoms with Gasteiger partial charge in [-0.1, -0.05) is 7.43 Å². The van der Waals surface area contributed by atoms with Crippen molar-refractivity contribution in [1.82, 2.24) is 0 Å². The lowest BCUT2D eigenvalue weighted by atomic mass is 10.8. The van der Waals surface area contributed by atoms with Crippen LogP contribution < -0.4 is 0 Å². The van der Waals surface area contributed by atoms with E-state index in [2.05, 4.69) is 12.2 Å². The maximum atomic E-state index is 4.77. The highest BCUT2D eigenvalue weighted by Crippen LogP contribution is 1.75. The molecule has 44 valence electrons. The Morgan fingerprint density at radius 2 is 2.14 bits per heavy atom. The van der Waals surface area contributed by atoms with Crippen molar-refractivity contribution in [2.24, 2.45) is 0 Å². The first kappa shape index (κ1) is 10.00. The molecule has 0 spiro atoms. The first-order chi connectivity index (χ1) is 2.77. The fourth-order valence-electron chi connectivity index (χ4n) is 0.203. The summed E-state index contributed by atoms with van der Waals surface area (Å²) in [5, 5.41) is 0.623. The summed E-state index contributed by atoms with van der Waals surface area (Å²) in [6.07, 6.45) is 0. The van der Waals surface area contributed by atoms with Gasteiger partial charge in [-0.05, 0) is 19.1 Å². The summed E-state index contributed by atoms with van der Waals surface area (Å²) >= 11 is 4.57. The summed E-state index contributed by atoms with van der Waals surface area (Å²) in [7, 11) is 0. The minimum atomic E-state index is 0. The summed E-state index contributed by atoms with van der Waals surface area (Å²) < 4.78 is 4.77. The molecule has 0 rings (SSSR count). The molecular formula is C5H12OS. The predicted molar refractivity (Wildman–Crippen MR) is 36.6 cm³/mol. The average molecular weight is 120 g/mol.